The average molecular weight is 381 g/mol. The van der Waals surface area contributed by atoms with Crippen LogP contribution in [0.25, 0.3) is 22.3 Å². The van der Waals surface area contributed by atoms with Gasteiger partial charge in [-0.05, 0) is 31.2 Å². The normalized spacial score (nSPS) is 19.9. The Bertz CT molecular complexity index is 1140. The predicted octanol–water partition coefficient (Wildman–Crippen LogP) is 2.16. The van der Waals surface area contributed by atoms with Crippen molar-refractivity contribution in [2.24, 2.45) is 0 Å². The molecular weight excluding hydrogens is 361 g/mol. The molecule has 1 aliphatic heterocycles. The Kier molecular flexibility index (Phi) is 4.09. The summed E-state index contributed by atoms with van der Waals surface area (Å²) in [7, 11) is 1.57. The summed E-state index contributed by atoms with van der Waals surface area (Å²) in [5.74, 6) is 0.790. The molecule has 28 heavy (non-hydrogen) atoms. The number of imidazole rings is 1. The molecule has 1 saturated heterocycles. The summed E-state index contributed by atoms with van der Waals surface area (Å²) in [6.45, 7) is 1.10. The van der Waals surface area contributed by atoms with Crippen molar-refractivity contribution in [3.05, 3.63) is 43.0 Å². The number of pyridine rings is 1. The molecule has 0 unspecified atom stereocenters. The van der Waals surface area contributed by atoms with Crippen LogP contribution in [0, 0.1) is 0 Å². The van der Waals surface area contributed by atoms with E-state index in [4.69, 9.17) is 4.74 Å². The third-order valence-electron chi connectivity index (χ3n) is 5.09. The van der Waals surface area contributed by atoms with E-state index in [0.29, 0.717) is 24.8 Å². The van der Waals surface area contributed by atoms with Crippen molar-refractivity contribution >= 4 is 17.1 Å². The number of nitrogens with zero attached hydrogens (tertiary/aromatic N) is 5. The molecule has 0 saturated carbocycles. The van der Waals surface area contributed by atoms with E-state index in [1.807, 2.05) is 41.2 Å². The monoisotopic (exact) mass is 381 g/mol. The highest BCUT2D eigenvalue weighted by atomic mass is 19.1. The molecule has 144 valence electrons. The van der Waals surface area contributed by atoms with Gasteiger partial charge in [0.05, 0.1) is 13.2 Å². The molecule has 4 aromatic rings. The number of alkyl halides is 1. The second kappa shape index (κ2) is 6.75. The molecule has 0 radical (unpaired) electrons. The van der Waals surface area contributed by atoms with Crippen molar-refractivity contribution in [2.45, 2.75) is 18.6 Å². The van der Waals surface area contributed by atoms with Gasteiger partial charge in [0.2, 0.25) is 11.8 Å². The highest BCUT2D eigenvalue weighted by molar-refractivity contribution is 5.84. The smallest absolute Gasteiger partial charge is 0.244 e. The number of hydrogen-bond donors (Lipinski definition) is 2. The molecule has 8 nitrogen and oxygen atoms in total. The number of halogens is 1. The number of rotatable bonds is 4. The highest BCUT2D eigenvalue weighted by Crippen LogP contribution is 2.31. The van der Waals surface area contributed by atoms with Gasteiger partial charge in [0, 0.05) is 42.5 Å². The van der Waals surface area contributed by atoms with Gasteiger partial charge in [0.1, 0.15) is 17.3 Å². The van der Waals surface area contributed by atoms with Crippen LogP contribution in [0.2, 0.25) is 0 Å². The third-order valence-corrected chi connectivity index (χ3v) is 5.09. The number of hydrogen-bond acceptors (Lipinski definition) is 6. The van der Waals surface area contributed by atoms with E-state index in [0.717, 1.165) is 28.8 Å². The molecule has 0 aliphatic carbocycles. The van der Waals surface area contributed by atoms with Gasteiger partial charge in [-0.15, -0.1) is 5.10 Å². The number of ether oxygens (including phenoxy) is 1. The van der Waals surface area contributed by atoms with Gasteiger partial charge >= 0.3 is 0 Å². The summed E-state index contributed by atoms with van der Waals surface area (Å²) in [4.78, 5) is 8.76. The van der Waals surface area contributed by atoms with Gasteiger partial charge in [-0.2, -0.15) is 4.98 Å². The topological polar surface area (TPSA) is 80.8 Å². The molecule has 9 heteroatoms. The lowest BCUT2D eigenvalue weighted by atomic mass is 10.1. The molecule has 2 N–H and O–H groups in total. The molecule has 1 aliphatic rings. The maximum absolute atomic E-state index is 14.1. The lowest BCUT2D eigenvalue weighted by Crippen LogP contribution is -2.45. The molecule has 1 fully saturated rings. The quantitative estimate of drug-likeness (QED) is 0.564. The lowest BCUT2D eigenvalue weighted by molar-refractivity contribution is 0.244. The van der Waals surface area contributed by atoms with Gasteiger partial charge in [-0.25, -0.2) is 13.9 Å². The Hall–Kier alpha value is -3.20. The maximum atomic E-state index is 14.1. The van der Waals surface area contributed by atoms with Crippen molar-refractivity contribution in [1.29, 1.82) is 0 Å². The Morgan fingerprint density at radius 3 is 3.07 bits per heavy atom. The Morgan fingerprint density at radius 2 is 2.21 bits per heavy atom. The van der Waals surface area contributed by atoms with Gasteiger partial charge in [0.15, 0.2) is 0 Å². The van der Waals surface area contributed by atoms with Crippen LogP contribution in [0.15, 0.2) is 43.0 Å². The summed E-state index contributed by atoms with van der Waals surface area (Å²) in [6.07, 6.45) is 7.21. The molecule has 5 heterocycles. The lowest BCUT2D eigenvalue weighted by Gasteiger charge is -2.27. The largest absolute Gasteiger partial charge is 0.479 e. The van der Waals surface area contributed by atoms with Crippen LogP contribution in [0.5, 0.6) is 5.88 Å². The van der Waals surface area contributed by atoms with Crippen molar-refractivity contribution in [2.75, 3.05) is 25.5 Å². The summed E-state index contributed by atoms with van der Waals surface area (Å²) in [5.41, 5.74) is 3.58. The zero-order chi connectivity index (χ0) is 19.1. The molecule has 4 aromatic heterocycles. The number of anilines is 1. The van der Waals surface area contributed by atoms with E-state index < -0.39 is 6.17 Å². The van der Waals surface area contributed by atoms with Crippen LogP contribution in [0.3, 0.4) is 0 Å². The van der Waals surface area contributed by atoms with Crippen LogP contribution in [0.4, 0.5) is 10.3 Å². The second-order valence-electron chi connectivity index (χ2n) is 6.84. The first kappa shape index (κ1) is 16.9. The van der Waals surface area contributed by atoms with Crippen LogP contribution < -0.4 is 15.4 Å². The van der Waals surface area contributed by atoms with Crippen molar-refractivity contribution in [3.63, 3.8) is 0 Å². The first-order chi connectivity index (χ1) is 13.7. The molecule has 0 bridgehead atoms. The van der Waals surface area contributed by atoms with Crippen LogP contribution in [-0.4, -0.2) is 56.4 Å². The average Bonchev–Trinajstić information content (AvgIpc) is 3.35. The van der Waals surface area contributed by atoms with E-state index in [-0.39, 0.29) is 6.04 Å². The minimum Gasteiger partial charge on any atom is -0.479 e. The number of fused-ring (bicyclic) bond motifs is 2. The molecule has 0 spiro atoms. The van der Waals surface area contributed by atoms with Crippen molar-refractivity contribution in [3.8, 4) is 17.0 Å². The van der Waals surface area contributed by atoms with Gasteiger partial charge in [0.25, 0.3) is 0 Å². The van der Waals surface area contributed by atoms with E-state index in [1.165, 1.54) is 0 Å². The first-order valence-corrected chi connectivity index (χ1v) is 9.21. The number of nitrogens with one attached hydrogen (secondary N) is 2. The van der Waals surface area contributed by atoms with E-state index >= 15 is 0 Å². The standard InChI is InChI=1S/C19H20FN7O/c1-28-18-17-13(12-2-3-16-22-7-9-26(16)11-12)5-8-27(17)25-19(24-18)23-15-4-6-21-10-14(15)20/h2-3,5,7-9,11,14-15,21H,4,6,10H2,1H3,(H,23,25)/t14-,15+/m1/s1. The van der Waals surface area contributed by atoms with Crippen LogP contribution >= 0.6 is 0 Å². The fourth-order valence-corrected chi connectivity index (χ4v) is 3.66. The zero-order valence-corrected chi connectivity index (χ0v) is 15.3. The SMILES string of the molecule is COc1nc(N[C@H]2CCNC[C@H]2F)nn2ccc(-c3ccc4nccn4c3)c12. The second-order valence-corrected chi connectivity index (χ2v) is 6.84. The number of aromatic nitrogens is 5. The summed E-state index contributed by atoms with van der Waals surface area (Å²) in [5, 5.41) is 10.7. The fraction of sp³-hybridized carbons (Fsp3) is 0.316. The number of methoxy groups -OCH3 is 1. The molecule has 2 atom stereocenters. The van der Waals surface area contributed by atoms with Gasteiger partial charge in [-0.1, -0.05) is 0 Å². The van der Waals surface area contributed by atoms with E-state index in [9.17, 15) is 4.39 Å². The van der Waals surface area contributed by atoms with E-state index in [1.54, 1.807) is 17.8 Å². The molecule has 0 amide bonds. The predicted molar refractivity (Wildman–Crippen MR) is 104 cm³/mol. The summed E-state index contributed by atoms with van der Waals surface area (Å²) < 4.78 is 23.3. The van der Waals surface area contributed by atoms with E-state index in [2.05, 4.69) is 25.7 Å². The fourth-order valence-electron chi connectivity index (χ4n) is 3.66. The van der Waals surface area contributed by atoms with Crippen LogP contribution in [0.1, 0.15) is 6.42 Å². The third kappa shape index (κ3) is 2.84. The summed E-state index contributed by atoms with van der Waals surface area (Å²) in [6, 6.07) is 5.62. The Labute approximate surface area is 160 Å². The van der Waals surface area contributed by atoms with Crippen molar-refractivity contribution < 1.29 is 9.13 Å². The van der Waals surface area contributed by atoms with Gasteiger partial charge in [-0.3, -0.25) is 0 Å². The minimum atomic E-state index is -0.985. The molecule has 5 rings (SSSR count). The molecular formula is C19H20FN7O. The highest BCUT2D eigenvalue weighted by Gasteiger charge is 2.26. The zero-order valence-electron chi connectivity index (χ0n) is 15.3. The Morgan fingerprint density at radius 1 is 1.29 bits per heavy atom. The maximum Gasteiger partial charge on any atom is 0.244 e. The number of piperidine rings is 1. The minimum absolute atomic E-state index is 0.318. The van der Waals surface area contributed by atoms with Gasteiger partial charge < -0.3 is 19.8 Å². The molecule has 0 aromatic carbocycles. The first-order valence-electron chi connectivity index (χ1n) is 9.21. The van der Waals surface area contributed by atoms with Crippen molar-refractivity contribution in [1.82, 2.24) is 29.3 Å². The Balaban J connectivity index is 1.55. The van der Waals surface area contributed by atoms with Crippen LogP contribution in [-0.2, 0) is 0 Å². The summed E-state index contributed by atoms with van der Waals surface area (Å²) >= 11 is 0.